The standard InChI is InChI=1S/C20H20N4O4/c1-13-4-7-15(8-5-13)24-12-16(25)19(23-24)20(26)22-21-11-14-6-9-17(27-2)18(10-14)28-3/h4-12,25H,1-3H3,(H,22,26)/b21-11+. The van der Waals surface area contributed by atoms with Gasteiger partial charge in [-0.25, -0.2) is 10.1 Å². The molecular weight excluding hydrogens is 360 g/mol. The molecule has 8 nitrogen and oxygen atoms in total. The molecule has 0 saturated heterocycles. The van der Waals surface area contributed by atoms with E-state index in [-0.39, 0.29) is 11.4 Å². The van der Waals surface area contributed by atoms with E-state index in [1.165, 1.54) is 24.2 Å². The number of hydrogen-bond donors (Lipinski definition) is 2. The van der Waals surface area contributed by atoms with Gasteiger partial charge in [0.2, 0.25) is 0 Å². The topological polar surface area (TPSA) is 98.0 Å². The Morgan fingerprint density at radius 1 is 1.14 bits per heavy atom. The summed E-state index contributed by atoms with van der Waals surface area (Å²) in [6.07, 6.45) is 2.82. The minimum Gasteiger partial charge on any atom is -0.504 e. The fourth-order valence-corrected chi connectivity index (χ4v) is 2.51. The highest BCUT2D eigenvalue weighted by Crippen LogP contribution is 2.26. The number of ether oxygens (including phenoxy) is 2. The second-order valence-corrected chi connectivity index (χ2v) is 5.96. The molecule has 0 radical (unpaired) electrons. The first-order chi connectivity index (χ1) is 13.5. The van der Waals surface area contributed by atoms with Gasteiger partial charge in [-0.15, -0.1) is 0 Å². The Labute approximate surface area is 162 Å². The number of aromatic hydroxyl groups is 1. The average Bonchev–Trinajstić information content (AvgIpc) is 3.10. The first-order valence-electron chi connectivity index (χ1n) is 8.43. The number of benzene rings is 2. The molecule has 144 valence electrons. The number of hydrogen-bond acceptors (Lipinski definition) is 6. The maximum atomic E-state index is 12.3. The maximum absolute atomic E-state index is 12.3. The Balaban J connectivity index is 1.71. The van der Waals surface area contributed by atoms with Crippen molar-refractivity contribution in [2.75, 3.05) is 14.2 Å². The van der Waals surface area contributed by atoms with Gasteiger partial charge in [0.05, 0.1) is 32.3 Å². The van der Waals surface area contributed by atoms with E-state index in [9.17, 15) is 9.90 Å². The van der Waals surface area contributed by atoms with Crippen molar-refractivity contribution in [3.8, 4) is 22.9 Å². The van der Waals surface area contributed by atoms with Crippen molar-refractivity contribution in [3.05, 3.63) is 65.5 Å². The van der Waals surface area contributed by atoms with Gasteiger partial charge in [-0.3, -0.25) is 4.79 Å². The second-order valence-electron chi connectivity index (χ2n) is 5.96. The number of aryl methyl sites for hydroxylation is 1. The van der Waals surface area contributed by atoms with Gasteiger partial charge in [-0.05, 0) is 42.8 Å². The van der Waals surface area contributed by atoms with Crippen LogP contribution in [-0.2, 0) is 0 Å². The Morgan fingerprint density at radius 3 is 2.54 bits per heavy atom. The Hall–Kier alpha value is -3.81. The molecule has 28 heavy (non-hydrogen) atoms. The molecule has 0 saturated carbocycles. The van der Waals surface area contributed by atoms with E-state index in [0.717, 1.165) is 11.3 Å². The molecule has 1 aromatic heterocycles. The predicted octanol–water partition coefficient (Wildman–Crippen LogP) is 2.67. The number of nitrogens with one attached hydrogen (secondary N) is 1. The summed E-state index contributed by atoms with van der Waals surface area (Å²) in [7, 11) is 3.09. The largest absolute Gasteiger partial charge is 0.504 e. The molecule has 0 spiro atoms. The molecule has 0 unspecified atom stereocenters. The molecule has 2 N–H and O–H groups in total. The zero-order valence-corrected chi connectivity index (χ0v) is 15.7. The predicted molar refractivity (Wildman–Crippen MR) is 105 cm³/mol. The maximum Gasteiger partial charge on any atom is 0.295 e. The minimum atomic E-state index is -0.625. The molecule has 3 rings (SSSR count). The zero-order chi connectivity index (χ0) is 20.1. The fourth-order valence-electron chi connectivity index (χ4n) is 2.51. The minimum absolute atomic E-state index is 0.120. The van der Waals surface area contributed by atoms with Crippen LogP contribution in [-0.4, -0.2) is 41.2 Å². The van der Waals surface area contributed by atoms with Crippen LogP contribution in [0.5, 0.6) is 17.2 Å². The van der Waals surface area contributed by atoms with Crippen molar-refractivity contribution in [1.29, 1.82) is 0 Å². The van der Waals surface area contributed by atoms with Crippen molar-refractivity contribution < 1.29 is 19.4 Å². The van der Waals surface area contributed by atoms with Crippen molar-refractivity contribution in [3.63, 3.8) is 0 Å². The third-order valence-electron chi connectivity index (χ3n) is 4.00. The number of methoxy groups -OCH3 is 2. The van der Waals surface area contributed by atoms with E-state index >= 15 is 0 Å². The number of carbonyl (C=O) groups is 1. The van der Waals surface area contributed by atoms with Crippen LogP contribution < -0.4 is 14.9 Å². The van der Waals surface area contributed by atoms with Crippen molar-refractivity contribution in [2.24, 2.45) is 5.10 Å². The molecule has 2 aromatic carbocycles. The van der Waals surface area contributed by atoms with Crippen molar-refractivity contribution in [2.45, 2.75) is 6.92 Å². The molecule has 0 fully saturated rings. The number of amides is 1. The monoisotopic (exact) mass is 380 g/mol. The van der Waals surface area contributed by atoms with E-state index in [1.54, 1.807) is 25.3 Å². The summed E-state index contributed by atoms with van der Waals surface area (Å²) in [5, 5.41) is 18.1. The van der Waals surface area contributed by atoms with E-state index in [1.807, 2.05) is 31.2 Å². The molecule has 1 heterocycles. The molecule has 0 aliphatic rings. The van der Waals surface area contributed by atoms with Crippen LogP contribution >= 0.6 is 0 Å². The molecule has 1 amide bonds. The molecule has 8 heteroatoms. The lowest BCUT2D eigenvalue weighted by molar-refractivity contribution is 0.0947. The lowest BCUT2D eigenvalue weighted by Gasteiger charge is -2.07. The van der Waals surface area contributed by atoms with Gasteiger partial charge in [0.25, 0.3) is 5.91 Å². The third kappa shape index (κ3) is 4.12. The van der Waals surface area contributed by atoms with Crippen LogP contribution in [0.3, 0.4) is 0 Å². The van der Waals surface area contributed by atoms with Gasteiger partial charge < -0.3 is 14.6 Å². The van der Waals surface area contributed by atoms with Gasteiger partial charge in [-0.1, -0.05) is 17.7 Å². The third-order valence-corrected chi connectivity index (χ3v) is 4.00. The van der Waals surface area contributed by atoms with Gasteiger partial charge in [0.1, 0.15) is 0 Å². The lowest BCUT2D eigenvalue weighted by Crippen LogP contribution is -2.18. The van der Waals surface area contributed by atoms with Crippen LogP contribution in [0.2, 0.25) is 0 Å². The summed E-state index contributed by atoms with van der Waals surface area (Å²) >= 11 is 0. The SMILES string of the molecule is COc1ccc(/C=N/NC(=O)c2nn(-c3ccc(C)cc3)cc2O)cc1OC. The van der Waals surface area contributed by atoms with Crippen LogP contribution in [0.25, 0.3) is 5.69 Å². The Kier molecular flexibility index (Phi) is 5.59. The lowest BCUT2D eigenvalue weighted by atomic mass is 10.2. The van der Waals surface area contributed by atoms with Crippen LogP contribution in [0.1, 0.15) is 21.6 Å². The van der Waals surface area contributed by atoms with Crippen molar-refractivity contribution in [1.82, 2.24) is 15.2 Å². The van der Waals surface area contributed by atoms with Gasteiger partial charge in [-0.2, -0.15) is 10.2 Å². The first-order valence-corrected chi connectivity index (χ1v) is 8.43. The van der Waals surface area contributed by atoms with Crippen LogP contribution in [0.4, 0.5) is 0 Å². The normalized spacial score (nSPS) is 10.8. The Morgan fingerprint density at radius 2 is 1.86 bits per heavy atom. The van der Waals surface area contributed by atoms with Crippen LogP contribution in [0.15, 0.2) is 53.8 Å². The number of hydrazone groups is 1. The summed E-state index contributed by atoms with van der Waals surface area (Å²) in [6.45, 7) is 1.97. The fraction of sp³-hybridized carbons (Fsp3) is 0.150. The smallest absolute Gasteiger partial charge is 0.295 e. The molecule has 0 atom stereocenters. The van der Waals surface area contributed by atoms with Gasteiger partial charge >= 0.3 is 0 Å². The van der Waals surface area contributed by atoms with E-state index in [0.29, 0.717) is 17.1 Å². The molecule has 0 aliphatic carbocycles. The molecule has 3 aromatic rings. The quantitative estimate of drug-likeness (QED) is 0.506. The summed E-state index contributed by atoms with van der Waals surface area (Å²) in [5.41, 5.74) is 4.76. The highest BCUT2D eigenvalue weighted by Gasteiger charge is 2.16. The highest BCUT2D eigenvalue weighted by atomic mass is 16.5. The first kappa shape index (κ1) is 19.0. The summed E-state index contributed by atoms with van der Waals surface area (Å²) in [5.74, 6) is 0.280. The summed E-state index contributed by atoms with van der Waals surface area (Å²) in [6, 6.07) is 12.7. The number of rotatable bonds is 6. The number of nitrogens with zero attached hydrogens (tertiary/aromatic N) is 3. The molecule has 0 bridgehead atoms. The van der Waals surface area contributed by atoms with Crippen molar-refractivity contribution >= 4 is 12.1 Å². The van der Waals surface area contributed by atoms with E-state index in [4.69, 9.17) is 9.47 Å². The second kappa shape index (κ2) is 8.26. The number of aromatic nitrogens is 2. The summed E-state index contributed by atoms with van der Waals surface area (Å²) < 4.78 is 11.8. The average molecular weight is 380 g/mol. The zero-order valence-electron chi connectivity index (χ0n) is 15.7. The molecule has 0 aliphatic heterocycles. The van der Waals surface area contributed by atoms with E-state index in [2.05, 4.69) is 15.6 Å². The van der Waals surface area contributed by atoms with Gasteiger partial charge in [0.15, 0.2) is 22.9 Å². The molecular formula is C20H20N4O4. The highest BCUT2D eigenvalue weighted by molar-refractivity contribution is 5.95. The van der Waals surface area contributed by atoms with Gasteiger partial charge in [0, 0.05) is 0 Å². The Bertz CT molecular complexity index is 1010. The van der Waals surface area contributed by atoms with Crippen LogP contribution in [0, 0.1) is 6.92 Å². The number of carbonyl (C=O) groups excluding carboxylic acids is 1. The summed E-state index contributed by atoms with van der Waals surface area (Å²) in [4.78, 5) is 12.3. The van der Waals surface area contributed by atoms with E-state index < -0.39 is 5.91 Å².